The van der Waals surface area contributed by atoms with Crippen molar-refractivity contribution in [2.75, 3.05) is 5.75 Å². The molecule has 0 aliphatic carbocycles. The largest absolute Gasteiger partial charge is 0.387 e. The molecule has 0 aliphatic heterocycles. The van der Waals surface area contributed by atoms with E-state index < -0.39 is 6.10 Å². The Bertz CT molecular complexity index is 496. The SMILES string of the molecule is Cc1ccsc1C(O)CSc1cccc(F)c1. The van der Waals surface area contributed by atoms with Gasteiger partial charge in [0, 0.05) is 15.5 Å². The van der Waals surface area contributed by atoms with Crippen LogP contribution in [0.25, 0.3) is 0 Å². The maximum absolute atomic E-state index is 13.0. The van der Waals surface area contributed by atoms with Crippen molar-refractivity contribution >= 4 is 23.1 Å². The molecule has 1 aromatic heterocycles. The molecule has 4 heteroatoms. The molecule has 1 aromatic carbocycles. The first-order chi connectivity index (χ1) is 8.16. The first-order valence-corrected chi connectivity index (χ1v) is 7.14. The average molecular weight is 268 g/mol. The van der Waals surface area contributed by atoms with Gasteiger partial charge in [0.2, 0.25) is 0 Å². The molecule has 1 atom stereocenters. The summed E-state index contributed by atoms with van der Waals surface area (Å²) in [5.74, 6) is 0.307. The first-order valence-electron chi connectivity index (χ1n) is 5.27. The third kappa shape index (κ3) is 3.31. The monoisotopic (exact) mass is 268 g/mol. The highest BCUT2D eigenvalue weighted by Gasteiger charge is 2.12. The predicted molar refractivity (Wildman–Crippen MR) is 71.1 cm³/mol. The van der Waals surface area contributed by atoms with Gasteiger partial charge in [-0.1, -0.05) is 6.07 Å². The Hall–Kier alpha value is -0.840. The quantitative estimate of drug-likeness (QED) is 0.845. The van der Waals surface area contributed by atoms with Crippen molar-refractivity contribution in [2.24, 2.45) is 0 Å². The van der Waals surface area contributed by atoms with Crippen LogP contribution in [0.5, 0.6) is 0 Å². The molecule has 1 N–H and O–H groups in total. The summed E-state index contributed by atoms with van der Waals surface area (Å²) >= 11 is 3.02. The number of aryl methyl sites for hydroxylation is 1. The highest BCUT2D eigenvalue weighted by molar-refractivity contribution is 7.99. The van der Waals surface area contributed by atoms with Gasteiger partial charge in [-0.05, 0) is 42.1 Å². The van der Waals surface area contributed by atoms with E-state index in [0.717, 1.165) is 15.3 Å². The van der Waals surface area contributed by atoms with Crippen LogP contribution < -0.4 is 0 Å². The number of halogens is 1. The van der Waals surface area contributed by atoms with E-state index in [1.807, 2.05) is 24.4 Å². The van der Waals surface area contributed by atoms with Crippen molar-refractivity contribution in [1.82, 2.24) is 0 Å². The summed E-state index contributed by atoms with van der Waals surface area (Å²) in [6.45, 7) is 1.99. The van der Waals surface area contributed by atoms with Crippen molar-refractivity contribution in [1.29, 1.82) is 0 Å². The minimum absolute atomic E-state index is 0.239. The molecule has 2 rings (SSSR count). The maximum Gasteiger partial charge on any atom is 0.124 e. The molecule has 0 radical (unpaired) electrons. The predicted octanol–water partition coefficient (Wildman–Crippen LogP) is 4.02. The van der Waals surface area contributed by atoms with Gasteiger partial charge in [0.05, 0.1) is 6.10 Å². The van der Waals surface area contributed by atoms with E-state index in [0.29, 0.717) is 5.75 Å². The zero-order chi connectivity index (χ0) is 12.3. The van der Waals surface area contributed by atoms with E-state index in [1.54, 1.807) is 17.4 Å². The lowest BCUT2D eigenvalue weighted by molar-refractivity contribution is 0.207. The lowest BCUT2D eigenvalue weighted by Gasteiger charge is -2.09. The number of thiophene rings is 1. The number of thioether (sulfide) groups is 1. The van der Waals surface area contributed by atoms with Gasteiger partial charge in [-0.3, -0.25) is 0 Å². The van der Waals surface area contributed by atoms with Gasteiger partial charge in [0.1, 0.15) is 5.82 Å². The van der Waals surface area contributed by atoms with Gasteiger partial charge in [-0.2, -0.15) is 0 Å². The third-order valence-corrected chi connectivity index (χ3v) is 4.60. The summed E-state index contributed by atoms with van der Waals surface area (Å²) in [5, 5.41) is 12.0. The van der Waals surface area contributed by atoms with Gasteiger partial charge in [-0.15, -0.1) is 23.1 Å². The molecule has 0 fully saturated rings. The van der Waals surface area contributed by atoms with Crippen LogP contribution in [0.3, 0.4) is 0 Å². The Morgan fingerprint density at radius 1 is 1.41 bits per heavy atom. The Kier molecular flexibility index (Phi) is 4.20. The summed E-state index contributed by atoms with van der Waals surface area (Å²) in [6.07, 6.45) is -0.483. The van der Waals surface area contributed by atoms with Crippen LogP contribution in [0.2, 0.25) is 0 Å². The Labute approximate surface area is 108 Å². The van der Waals surface area contributed by atoms with E-state index in [2.05, 4.69) is 0 Å². The smallest absolute Gasteiger partial charge is 0.124 e. The molecule has 0 amide bonds. The van der Waals surface area contributed by atoms with Gasteiger partial charge in [-0.25, -0.2) is 4.39 Å². The summed E-state index contributed by atoms with van der Waals surface area (Å²) < 4.78 is 13.0. The van der Waals surface area contributed by atoms with Gasteiger partial charge >= 0.3 is 0 Å². The van der Waals surface area contributed by atoms with Crippen LogP contribution in [-0.4, -0.2) is 10.9 Å². The number of hydrogen-bond donors (Lipinski definition) is 1. The van der Waals surface area contributed by atoms with Crippen LogP contribution >= 0.6 is 23.1 Å². The zero-order valence-corrected chi connectivity index (χ0v) is 11.0. The van der Waals surface area contributed by atoms with E-state index >= 15 is 0 Å². The first kappa shape index (κ1) is 12.6. The molecule has 1 nitrogen and oxygen atoms in total. The maximum atomic E-state index is 13.0. The Morgan fingerprint density at radius 2 is 2.24 bits per heavy atom. The lowest BCUT2D eigenvalue weighted by atomic mass is 10.2. The normalized spacial score (nSPS) is 12.6. The van der Waals surface area contributed by atoms with E-state index in [-0.39, 0.29) is 5.82 Å². The zero-order valence-electron chi connectivity index (χ0n) is 9.39. The Balaban J connectivity index is 1.97. The van der Waals surface area contributed by atoms with Crippen molar-refractivity contribution in [3.8, 4) is 0 Å². The molecule has 0 saturated carbocycles. The highest BCUT2D eigenvalue weighted by Crippen LogP contribution is 2.29. The fraction of sp³-hybridized carbons (Fsp3) is 0.231. The molecule has 0 aliphatic rings. The number of benzene rings is 1. The van der Waals surface area contributed by atoms with Crippen molar-refractivity contribution in [3.05, 3.63) is 52.0 Å². The summed E-state index contributed by atoms with van der Waals surface area (Å²) in [7, 11) is 0. The van der Waals surface area contributed by atoms with E-state index in [9.17, 15) is 9.50 Å². The molecule has 0 bridgehead atoms. The Morgan fingerprint density at radius 3 is 2.88 bits per heavy atom. The lowest BCUT2D eigenvalue weighted by Crippen LogP contribution is -1.99. The number of hydrogen-bond acceptors (Lipinski definition) is 3. The van der Waals surface area contributed by atoms with Crippen LogP contribution in [0, 0.1) is 12.7 Å². The highest BCUT2D eigenvalue weighted by atomic mass is 32.2. The van der Waals surface area contributed by atoms with Crippen LogP contribution in [0.15, 0.2) is 40.6 Å². The number of rotatable bonds is 4. The standard InChI is InChI=1S/C13H13FOS2/c1-9-5-6-16-13(9)12(15)8-17-11-4-2-3-10(14)7-11/h2-7,12,15H,8H2,1H3. The number of aliphatic hydroxyl groups excluding tert-OH is 1. The van der Waals surface area contributed by atoms with E-state index in [4.69, 9.17) is 0 Å². The molecule has 0 spiro atoms. The molecular formula is C13H13FOS2. The minimum atomic E-state index is -0.483. The molecule has 1 heterocycles. The van der Waals surface area contributed by atoms with Crippen molar-refractivity contribution in [2.45, 2.75) is 17.9 Å². The summed E-state index contributed by atoms with van der Waals surface area (Å²) in [4.78, 5) is 1.84. The summed E-state index contributed by atoms with van der Waals surface area (Å²) in [6, 6.07) is 8.43. The van der Waals surface area contributed by atoms with Gasteiger partial charge < -0.3 is 5.11 Å². The third-order valence-electron chi connectivity index (χ3n) is 2.41. The topological polar surface area (TPSA) is 20.2 Å². The van der Waals surface area contributed by atoms with Crippen LogP contribution in [0.4, 0.5) is 4.39 Å². The van der Waals surface area contributed by atoms with Crippen molar-refractivity contribution < 1.29 is 9.50 Å². The molecule has 0 saturated heterocycles. The van der Waals surface area contributed by atoms with Gasteiger partial charge in [0.15, 0.2) is 0 Å². The second kappa shape index (κ2) is 5.67. The van der Waals surface area contributed by atoms with Gasteiger partial charge in [0.25, 0.3) is 0 Å². The second-order valence-corrected chi connectivity index (χ2v) is 5.79. The molecule has 1 unspecified atom stereocenters. The number of aliphatic hydroxyl groups is 1. The molecule has 17 heavy (non-hydrogen) atoms. The van der Waals surface area contributed by atoms with Crippen molar-refractivity contribution in [3.63, 3.8) is 0 Å². The molecular weight excluding hydrogens is 255 g/mol. The second-order valence-electron chi connectivity index (χ2n) is 3.75. The fourth-order valence-corrected chi connectivity index (χ4v) is 3.44. The minimum Gasteiger partial charge on any atom is -0.387 e. The van der Waals surface area contributed by atoms with Crippen LogP contribution in [0.1, 0.15) is 16.5 Å². The molecule has 2 aromatic rings. The van der Waals surface area contributed by atoms with Crippen LogP contribution in [-0.2, 0) is 0 Å². The fourth-order valence-electron chi connectivity index (χ4n) is 1.53. The molecule has 90 valence electrons. The average Bonchev–Trinajstić information content (AvgIpc) is 2.72. The summed E-state index contributed by atoms with van der Waals surface area (Å²) in [5.41, 5.74) is 1.11. The van der Waals surface area contributed by atoms with E-state index in [1.165, 1.54) is 23.9 Å².